The van der Waals surface area contributed by atoms with Crippen LogP contribution in [0.2, 0.25) is 0 Å². The van der Waals surface area contributed by atoms with Crippen molar-refractivity contribution in [3.05, 3.63) is 0 Å². The van der Waals surface area contributed by atoms with Gasteiger partial charge in [-0.15, -0.1) is 0 Å². The first kappa shape index (κ1) is 15.3. The molecule has 19 heavy (non-hydrogen) atoms. The molecule has 0 bridgehead atoms. The van der Waals surface area contributed by atoms with E-state index < -0.39 is 0 Å². The van der Waals surface area contributed by atoms with Crippen LogP contribution in [0.1, 0.15) is 44.9 Å². The third-order valence-electron chi connectivity index (χ3n) is 5.41. The monoisotopic (exact) mass is 267 g/mol. The second-order valence-electron chi connectivity index (χ2n) is 7.05. The maximum absolute atomic E-state index is 3.46. The van der Waals surface area contributed by atoms with E-state index in [0.29, 0.717) is 5.54 Å². The molecular formula is C16H33N3. The molecule has 1 aliphatic heterocycles. The highest BCUT2D eigenvalue weighted by atomic mass is 15.2. The van der Waals surface area contributed by atoms with E-state index in [1.54, 1.807) is 0 Å². The van der Waals surface area contributed by atoms with E-state index in [1.165, 1.54) is 71.1 Å². The number of piperidine rings is 1. The van der Waals surface area contributed by atoms with Crippen LogP contribution in [0, 0.1) is 5.92 Å². The van der Waals surface area contributed by atoms with Crippen LogP contribution in [0.3, 0.4) is 0 Å². The van der Waals surface area contributed by atoms with Crippen molar-refractivity contribution < 1.29 is 0 Å². The molecule has 0 aromatic rings. The lowest BCUT2D eigenvalue weighted by atomic mass is 9.75. The van der Waals surface area contributed by atoms with Crippen LogP contribution in [0.15, 0.2) is 0 Å². The summed E-state index contributed by atoms with van der Waals surface area (Å²) in [5, 5.41) is 3.46. The molecule has 2 aliphatic rings. The minimum atomic E-state index is 0.490. The molecule has 2 rings (SSSR count). The number of likely N-dealkylation sites (N-methyl/N-ethyl adjacent to an activating group) is 2. The lowest BCUT2D eigenvalue weighted by Crippen LogP contribution is -2.56. The van der Waals surface area contributed by atoms with Gasteiger partial charge in [0.15, 0.2) is 0 Å². The Kier molecular flexibility index (Phi) is 5.67. The van der Waals surface area contributed by atoms with Crippen molar-refractivity contribution in [2.45, 2.75) is 50.5 Å². The molecule has 0 radical (unpaired) electrons. The number of nitrogens with zero attached hydrogens (tertiary/aromatic N) is 2. The first-order valence-corrected chi connectivity index (χ1v) is 8.19. The number of nitrogens with one attached hydrogen (secondary N) is 1. The predicted molar refractivity (Wildman–Crippen MR) is 82.6 cm³/mol. The molecule has 0 spiro atoms. The second-order valence-corrected chi connectivity index (χ2v) is 7.05. The van der Waals surface area contributed by atoms with Crippen molar-refractivity contribution in [2.24, 2.45) is 5.92 Å². The van der Waals surface area contributed by atoms with Gasteiger partial charge in [-0.2, -0.15) is 0 Å². The van der Waals surface area contributed by atoms with Gasteiger partial charge in [-0.3, -0.25) is 0 Å². The van der Waals surface area contributed by atoms with Crippen LogP contribution in [-0.2, 0) is 0 Å². The van der Waals surface area contributed by atoms with Gasteiger partial charge in [0.05, 0.1) is 0 Å². The average Bonchev–Trinajstić information content (AvgIpc) is 2.34. The summed E-state index contributed by atoms with van der Waals surface area (Å²) in [5.74, 6) is 0.987. The van der Waals surface area contributed by atoms with Crippen molar-refractivity contribution in [3.63, 3.8) is 0 Å². The van der Waals surface area contributed by atoms with Gasteiger partial charge in [0.2, 0.25) is 0 Å². The lowest BCUT2D eigenvalue weighted by Gasteiger charge is -2.49. The van der Waals surface area contributed by atoms with Gasteiger partial charge in [0, 0.05) is 12.1 Å². The maximum atomic E-state index is 3.46. The van der Waals surface area contributed by atoms with Crippen molar-refractivity contribution in [1.82, 2.24) is 15.1 Å². The molecule has 3 nitrogen and oxygen atoms in total. The summed E-state index contributed by atoms with van der Waals surface area (Å²) in [7, 11) is 6.82. The first-order valence-electron chi connectivity index (χ1n) is 8.19. The van der Waals surface area contributed by atoms with Crippen LogP contribution >= 0.6 is 0 Å². The summed E-state index contributed by atoms with van der Waals surface area (Å²) in [6, 6.07) is 0. The number of rotatable bonds is 7. The fraction of sp³-hybridized carbons (Fsp3) is 1.00. The molecule has 1 heterocycles. The number of hydrogen-bond acceptors (Lipinski definition) is 3. The normalized spacial score (nSPS) is 23.8. The molecule has 0 amide bonds. The molecular weight excluding hydrogens is 234 g/mol. The number of hydrogen-bond donors (Lipinski definition) is 1. The molecule has 0 aromatic carbocycles. The molecule has 112 valence electrons. The van der Waals surface area contributed by atoms with Crippen molar-refractivity contribution >= 4 is 0 Å². The van der Waals surface area contributed by atoms with E-state index >= 15 is 0 Å². The zero-order valence-corrected chi connectivity index (χ0v) is 13.2. The fourth-order valence-electron chi connectivity index (χ4n) is 3.73. The molecule has 1 saturated carbocycles. The Morgan fingerprint density at radius 3 is 2.32 bits per heavy atom. The zero-order valence-electron chi connectivity index (χ0n) is 13.2. The average molecular weight is 267 g/mol. The van der Waals surface area contributed by atoms with Crippen molar-refractivity contribution in [1.29, 1.82) is 0 Å². The largest absolute Gasteiger partial charge is 0.317 e. The quantitative estimate of drug-likeness (QED) is 0.763. The highest BCUT2D eigenvalue weighted by Gasteiger charge is 2.39. The second kappa shape index (κ2) is 7.05. The molecule has 2 fully saturated rings. The third kappa shape index (κ3) is 4.17. The van der Waals surface area contributed by atoms with Crippen LogP contribution in [0.25, 0.3) is 0 Å². The Balaban J connectivity index is 1.62. The van der Waals surface area contributed by atoms with E-state index in [-0.39, 0.29) is 0 Å². The van der Waals surface area contributed by atoms with Gasteiger partial charge < -0.3 is 15.1 Å². The predicted octanol–water partition coefficient (Wildman–Crippen LogP) is 2.18. The topological polar surface area (TPSA) is 18.5 Å². The van der Waals surface area contributed by atoms with E-state index in [0.717, 1.165) is 5.92 Å². The molecule has 1 N–H and O–H groups in total. The van der Waals surface area contributed by atoms with E-state index in [9.17, 15) is 0 Å². The highest BCUT2D eigenvalue weighted by molar-refractivity contribution is 4.97. The summed E-state index contributed by atoms with van der Waals surface area (Å²) < 4.78 is 0. The Hall–Kier alpha value is -0.120. The SMILES string of the molecule is CN(CCCC1CCNCC1)CC1(N(C)C)CCC1. The first-order chi connectivity index (χ1) is 9.12. The molecule has 1 aliphatic carbocycles. The van der Waals surface area contributed by atoms with Gasteiger partial charge in [0.25, 0.3) is 0 Å². The highest BCUT2D eigenvalue weighted by Crippen LogP contribution is 2.36. The smallest absolute Gasteiger partial charge is 0.0330 e. The van der Waals surface area contributed by atoms with E-state index in [1.807, 2.05) is 0 Å². The third-order valence-corrected chi connectivity index (χ3v) is 5.41. The Morgan fingerprint density at radius 1 is 1.11 bits per heavy atom. The summed E-state index contributed by atoms with van der Waals surface area (Å²) >= 11 is 0. The van der Waals surface area contributed by atoms with Gasteiger partial charge in [-0.05, 0) is 91.6 Å². The Morgan fingerprint density at radius 2 is 1.79 bits per heavy atom. The minimum Gasteiger partial charge on any atom is -0.317 e. The van der Waals surface area contributed by atoms with Crippen LogP contribution in [0.5, 0.6) is 0 Å². The van der Waals surface area contributed by atoms with Crippen molar-refractivity contribution in [3.8, 4) is 0 Å². The van der Waals surface area contributed by atoms with Gasteiger partial charge in [-0.25, -0.2) is 0 Å². The molecule has 0 atom stereocenters. The Bertz CT molecular complexity index is 255. The molecule has 0 aromatic heterocycles. The summed E-state index contributed by atoms with van der Waals surface area (Å²) in [6.07, 6.45) is 9.79. The molecule has 0 unspecified atom stereocenters. The van der Waals surface area contributed by atoms with Crippen molar-refractivity contribution in [2.75, 3.05) is 47.3 Å². The van der Waals surface area contributed by atoms with Crippen LogP contribution in [-0.4, -0.2) is 62.7 Å². The maximum Gasteiger partial charge on any atom is 0.0330 e. The summed E-state index contributed by atoms with van der Waals surface area (Å²) in [4.78, 5) is 5.03. The molecule has 3 heteroatoms. The van der Waals surface area contributed by atoms with Crippen LogP contribution in [0.4, 0.5) is 0 Å². The van der Waals surface area contributed by atoms with Crippen LogP contribution < -0.4 is 5.32 Å². The van der Waals surface area contributed by atoms with Gasteiger partial charge in [-0.1, -0.05) is 0 Å². The van der Waals surface area contributed by atoms with E-state index in [4.69, 9.17) is 0 Å². The zero-order chi connectivity index (χ0) is 13.7. The summed E-state index contributed by atoms with van der Waals surface area (Å²) in [6.45, 7) is 5.01. The van der Waals surface area contributed by atoms with Gasteiger partial charge in [0.1, 0.15) is 0 Å². The Labute approximate surface area is 119 Å². The van der Waals surface area contributed by atoms with E-state index in [2.05, 4.69) is 36.3 Å². The molecule has 1 saturated heterocycles. The lowest BCUT2D eigenvalue weighted by molar-refractivity contribution is 0.0272. The standard InChI is InChI=1S/C16H33N3/c1-18(2)16(9-5-10-16)14-19(3)13-4-6-15-7-11-17-12-8-15/h15,17H,4-14H2,1-3H3. The summed E-state index contributed by atoms with van der Waals surface area (Å²) in [5.41, 5.74) is 0.490. The van der Waals surface area contributed by atoms with Gasteiger partial charge >= 0.3 is 0 Å². The fourth-order valence-corrected chi connectivity index (χ4v) is 3.73. The minimum absolute atomic E-state index is 0.490.